The second-order valence-electron chi connectivity index (χ2n) is 5.85. The minimum Gasteiger partial charge on any atom is -0.493 e. The number of piperazine rings is 1. The number of nitrogens with zero attached hydrogens (tertiary/aromatic N) is 1. The van der Waals surface area contributed by atoms with E-state index in [0.717, 1.165) is 48.6 Å². The van der Waals surface area contributed by atoms with Crippen molar-refractivity contribution in [2.75, 3.05) is 40.4 Å². The highest BCUT2D eigenvalue weighted by atomic mass is 79.9. The fourth-order valence-corrected chi connectivity index (χ4v) is 3.70. The average Bonchev–Trinajstić information content (AvgIpc) is 2.56. The van der Waals surface area contributed by atoms with E-state index < -0.39 is 0 Å². The number of benzene rings is 1. The summed E-state index contributed by atoms with van der Waals surface area (Å²) in [5.41, 5.74) is 1.29. The second kappa shape index (κ2) is 8.18. The zero-order valence-corrected chi connectivity index (χ0v) is 15.6. The van der Waals surface area contributed by atoms with Crippen LogP contribution in [0.25, 0.3) is 0 Å². The van der Waals surface area contributed by atoms with E-state index in [1.807, 2.05) is 6.07 Å². The molecule has 0 spiro atoms. The Bertz CT molecular complexity index is 490. The van der Waals surface area contributed by atoms with Crippen LogP contribution in [0.15, 0.2) is 16.6 Å². The summed E-state index contributed by atoms with van der Waals surface area (Å²) in [7, 11) is 3.37. The molecule has 1 fully saturated rings. The Kier molecular flexibility index (Phi) is 6.53. The summed E-state index contributed by atoms with van der Waals surface area (Å²) in [6.07, 6.45) is 1.15. The summed E-state index contributed by atoms with van der Waals surface area (Å²) < 4.78 is 12.0. The third-order valence-electron chi connectivity index (χ3n) is 4.55. The van der Waals surface area contributed by atoms with Gasteiger partial charge in [0.25, 0.3) is 0 Å². The Balaban J connectivity index is 2.41. The number of methoxy groups -OCH3 is 2. The number of ether oxygens (including phenoxy) is 2. The van der Waals surface area contributed by atoms with Crippen LogP contribution < -0.4 is 14.8 Å². The largest absolute Gasteiger partial charge is 0.493 e. The molecule has 0 amide bonds. The number of halogens is 1. The molecule has 1 aliphatic heterocycles. The molecular weight excluding hydrogens is 344 g/mol. The van der Waals surface area contributed by atoms with Crippen molar-refractivity contribution in [3.8, 4) is 11.5 Å². The Labute approximate surface area is 142 Å². The number of nitrogens with one attached hydrogen (secondary N) is 1. The van der Waals surface area contributed by atoms with E-state index in [-0.39, 0.29) is 0 Å². The molecule has 0 radical (unpaired) electrons. The molecule has 2 rings (SSSR count). The summed E-state index contributed by atoms with van der Waals surface area (Å²) in [6, 6.07) is 4.54. The number of rotatable bonds is 6. The van der Waals surface area contributed by atoms with E-state index in [4.69, 9.17) is 9.47 Å². The van der Waals surface area contributed by atoms with Crippen molar-refractivity contribution in [2.45, 2.75) is 26.3 Å². The van der Waals surface area contributed by atoms with Crippen LogP contribution in [-0.4, -0.2) is 45.3 Å². The van der Waals surface area contributed by atoms with Gasteiger partial charge in [0.15, 0.2) is 11.5 Å². The van der Waals surface area contributed by atoms with E-state index in [1.165, 1.54) is 5.56 Å². The van der Waals surface area contributed by atoms with Gasteiger partial charge < -0.3 is 14.8 Å². The van der Waals surface area contributed by atoms with Gasteiger partial charge in [0.1, 0.15) is 0 Å². The Hall–Kier alpha value is -0.780. The van der Waals surface area contributed by atoms with Crippen LogP contribution >= 0.6 is 15.9 Å². The van der Waals surface area contributed by atoms with Crippen molar-refractivity contribution in [1.82, 2.24) is 10.2 Å². The molecule has 1 aliphatic rings. The molecule has 1 aromatic rings. The first kappa shape index (κ1) is 17.6. The molecule has 0 saturated carbocycles. The van der Waals surface area contributed by atoms with Crippen molar-refractivity contribution in [3.63, 3.8) is 0 Å². The monoisotopic (exact) mass is 370 g/mol. The molecule has 22 heavy (non-hydrogen) atoms. The van der Waals surface area contributed by atoms with Gasteiger partial charge in [-0.1, -0.05) is 36.2 Å². The first-order valence-electron chi connectivity index (χ1n) is 7.98. The van der Waals surface area contributed by atoms with Crippen molar-refractivity contribution >= 4 is 15.9 Å². The van der Waals surface area contributed by atoms with Crippen LogP contribution in [0.4, 0.5) is 0 Å². The van der Waals surface area contributed by atoms with Crippen LogP contribution in [0, 0.1) is 5.92 Å². The maximum atomic E-state index is 5.51. The molecule has 2 atom stereocenters. The van der Waals surface area contributed by atoms with Crippen molar-refractivity contribution in [2.24, 2.45) is 5.92 Å². The third kappa shape index (κ3) is 3.76. The molecule has 124 valence electrons. The fraction of sp³-hybridized carbons (Fsp3) is 0.647. The van der Waals surface area contributed by atoms with Crippen LogP contribution in [0.3, 0.4) is 0 Å². The van der Waals surface area contributed by atoms with Gasteiger partial charge in [0, 0.05) is 36.7 Å². The van der Waals surface area contributed by atoms with Gasteiger partial charge in [-0.25, -0.2) is 0 Å². The molecule has 1 aromatic carbocycles. The van der Waals surface area contributed by atoms with Crippen LogP contribution in [0.5, 0.6) is 11.5 Å². The SMILES string of the molecule is CCC(C)[C@@H](c1cc(OC)c(OC)cc1Br)N1CCNCC1. The standard InChI is InChI=1S/C17H27BrN2O2/c1-5-12(2)17(20-8-6-19-7-9-20)13-10-15(21-3)16(22-4)11-14(13)18/h10-12,17,19H,5-9H2,1-4H3/t12?,17-/m0/s1. The second-order valence-corrected chi connectivity index (χ2v) is 6.70. The van der Waals surface area contributed by atoms with Gasteiger partial charge in [-0.05, 0) is 23.6 Å². The minimum absolute atomic E-state index is 0.390. The van der Waals surface area contributed by atoms with Gasteiger partial charge in [-0.2, -0.15) is 0 Å². The zero-order valence-electron chi connectivity index (χ0n) is 14.0. The van der Waals surface area contributed by atoms with Gasteiger partial charge >= 0.3 is 0 Å². The normalized spacial score (nSPS) is 18.8. The van der Waals surface area contributed by atoms with Crippen LogP contribution in [0.1, 0.15) is 31.9 Å². The number of hydrogen-bond acceptors (Lipinski definition) is 4. The molecule has 1 N–H and O–H groups in total. The quantitative estimate of drug-likeness (QED) is 0.831. The lowest BCUT2D eigenvalue weighted by Gasteiger charge is -2.39. The molecule has 0 aromatic heterocycles. The maximum absolute atomic E-state index is 5.51. The van der Waals surface area contributed by atoms with Gasteiger partial charge in [0.2, 0.25) is 0 Å². The number of hydrogen-bond donors (Lipinski definition) is 1. The molecule has 1 saturated heterocycles. The highest BCUT2D eigenvalue weighted by molar-refractivity contribution is 9.10. The lowest BCUT2D eigenvalue weighted by Crippen LogP contribution is -2.46. The molecule has 0 aliphatic carbocycles. The lowest BCUT2D eigenvalue weighted by molar-refractivity contribution is 0.127. The minimum atomic E-state index is 0.390. The van der Waals surface area contributed by atoms with Gasteiger partial charge in [-0.15, -0.1) is 0 Å². The predicted molar refractivity (Wildman–Crippen MR) is 93.9 cm³/mol. The summed E-state index contributed by atoms with van der Waals surface area (Å²) in [6.45, 7) is 8.85. The van der Waals surface area contributed by atoms with E-state index in [0.29, 0.717) is 12.0 Å². The Morgan fingerprint density at radius 1 is 1.18 bits per heavy atom. The molecule has 0 bridgehead atoms. The topological polar surface area (TPSA) is 33.7 Å². The van der Waals surface area contributed by atoms with E-state index in [9.17, 15) is 0 Å². The van der Waals surface area contributed by atoms with Crippen molar-refractivity contribution < 1.29 is 9.47 Å². The molecular formula is C17H27BrN2O2. The fourth-order valence-electron chi connectivity index (χ4n) is 3.14. The first-order chi connectivity index (χ1) is 10.6. The third-order valence-corrected chi connectivity index (χ3v) is 5.24. The van der Waals surface area contributed by atoms with E-state index in [2.05, 4.69) is 46.1 Å². The lowest BCUT2D eigenvalue weighted by atomic mass is 9.90. The van der Waals surface area contributed by atoms with Crippen molar-refractivity contribution in [1.29, 1.82) is 0 Å². The van der Waals surface area contributed by atoms with E-state index >= 15 is 0 Å². The maximum Gasteiger partial charge on any atom is 0.161 e. The van der Waals surface area contributed by atoms with Gasteiger partial charge in [0.05, 0.1) is 14.2 Å². The van der Waals surface area contributed by atoms with Crippen molar-refractivity contribution in [3.05, 3.63) is 22.2 Å². The van der Waals surface area contributed by atoms with Gasteiger partial charge in [-0.3, -0.25) is 4.90 Å². The summed E-state index contributed by atoms with van der Waals surface area (Å²) >= 11 is 3.74. The highest BCUT2D eigenvalue weighted by Crippen LogP contribution is 2.41. The summed E-state index contributed by atoms with van der Waals surface area (Å²) in [4.78, 5) is 2.58. The first-order valence-corrected chi connectivity index (χ1v) is 8.77. The molecule has 1 heterocycles. The average molecular weight is 371 g/mol. The summed E-state index contributed by atoms with van der Waals surface area (Å²) in [5, 5.41) is 3.44. The Morgan fingerprint density at radius 2 is 1.77 bits per heavy atom. The highest BCUT2D eigenvalue weighted by Gasteiger charge is 2.29. The van der Waals surface area contributed by atoms with Crippen LogP contribution in [-0.2, 0) is 0 Å². The molecule has 5 heteroatoms. The van der Waals surface area contributed by atoms with E-state index in [1.54, 1.807) is 14.2 Å². The molecule has 1 unspecified atom stereocenters. The predicted octanol–water partition coefficient (Wildman–Crippen LogP) is 3.46. The zero-order chi connectivity index (χ0) is 16.1. The smallest absolute Gasteiger partial charge is 0.161 e. The Morgan fingerprint density at radius 3 is 2.32 bits per heavy atom. The molecule has 4 nitrogen and oxygen atoms in total. The van der Waals surface area contributed by atoms with Crippen LogP contribution in [0.2, 0.25) is 0 Å². The summed E-state index contributed by atoms with van der Waals surface area (Å²) in [5.74, 6) is 2.14.